The largest absolute Gasteiger partial charge is 0.348 e. The molecule has 3 heterocycles. The van der Waals surface area contributed by atoms with Crippen LogP contribution in [0.4, 0.5) is 10.3 Å². The first kappa shape index (κ1) is 21.8. The first-order valence-electron chi connectivity index (χ1n) is 11.5. The Labute approximate surface area is 198 Å². The molecule has 5 rings (SSSR count). The maximum absolute atomic E-state index is 13.6. The van der Waals surface area contributed by atoms with Gasteiger partial charge >= 0.3 is 0 Å². The van der Waals surface area contributed by atoms with Crippen molar-refractivity contribution in [1.29, 1.82) is 0 Å². The molecule has 0 aliphatic carbocycles. The number of aryl methyl sites for hydroxylation is 2. The van der Waals surface area contributed by atoms with Crippen LogP contribution in [0.3, 0.4) is 0 Å². The highest BCUT2D eigenvalue weighted by Gasteiger charge is 2.18. The third-order valence-corrected chi connectivity index (χ3v) is 6.04. The van der Waals surface area contributed by atoms with Crippen LogP contribution in [-0.4, -0.2) is 19.4 Å². The molecule has 5 aromatic rings. The fourth-order valence-electron chi connectivity index (χ4n) is 4.05. The van der Waals surface area contributed by atoms with Gasteiger partial charge in [-0.2, -0.15) is 0 Å². The number of hydrogen-bond acceptors (Lipinski definition) is 4. The summed E-state index contributed by atoms with van der Waals surface area (Å²) in [4.78, 5) is 14.2. The Kier molecular flexibility index (Phi) is 5.80. The Morgan fingerprint density at radius 1 is 0.971 bits per heavy atom. The van der Waals surface area contributed by atoms with Crippen LogP contribution >= 0.6 is 0 Å². The first-order chi connectivity index (χ1) is 16.5. The third kappa shape index (κ3) is 4.27. The van der Waals surface area contributed by atoms with Crippen LogP contribution in [0.1, 0.15) is 36.6 Å². The number of benzene rings is 2. The number of aromatic nitrogens is 4. The minimum atomic E-state index is -0.277. The standard InChI is InChI=1S/C28H26FN5/c1-4-20-14-16-34-25(17-20)33-26(22-9-11-23(29)12-10-22)27(34)24-13-15-30-28(32-24)31-19(3)21-7-5-18(2)6-8-21/h5-17,19H,4H2,1-3H3,(H,30,31,32)/t19-/m0/s1. The Balaban J connectivity index is 1.58. The Morgan fingerprint density at radius 2 is 1.74 bits per heavy atom. The lowest BCUT2D eigenvalue weighted by Gasteiger charge is -2.15. The summed E-state index contributed by atoms with van der Waals surface area (Å²) in [6, 6.07) is 20.9. The topological polar surface area (TPSA) is 55.1 Å². The number of nitrogens with one attached hydrogen (secondary N) is 1. The molecular weight excluding hydrogens is 425 g/mol. The number of imidazole rings is 1. The van der Waals surface area contributed by atoms with Gasteiger partial charge in [0.25, 0.3) is 0 Å². The van der Waals surface area contributed by atoms with Crippen molar-refractivity contribution < 1.29 is 4.39 Å². The quantitative estimate of drug-likeness (QED) is 0.314. The highest BCUT2D eigenvalue weighted by molar-refractivity contribution is 5.80. The van der Waals surface area contributed by atoms with E-state index in [1.807, 2.05) is 16.7 Å². The molecule has 0 fully saturated rings. The zero-order valence-corrected chi connectivity index (χ0v) is 19.5. The summed E-state index contributed by atoms with van der Waals surface area (Å²) in [5.41, 5.74) is 7.59. The molecule has 0 aliphatic heterocycles. The molecule has 0 saturated heterocycles. The summed E-state index contributed by atoms with van der Waals surface area (Å²) in [7, 11) is 0. The Morgan fingerprint density at radius 3 is 2.47 bits per heavy atom. The molecule has 170 valence electrons. The van der Waals surface area contributed by atoms with Crippen LogP contribution in [0.5, 0.6) is 0 Å². The lowest BCUT2D eigenvalue weighted by molar-refractivity contribution is 0.628. The molecule has 6 heteroatoms. The summed E-state index contributed by atoms with van der Waals surface area (Å²) >= 11 is 0. The molecule has 0 unspecified atom stereocenters. The number of rotatable bonds is 6. The van der Waals surface area contributed by atoms with Gasteiger partial charge in [0.1, 0.15) is 11.5 Å². The monoisotopic (exact) mass is 451 g/mol. The van der Waals surface area contributed by atoms with Gasteiger partial charge in [-0.05, 0) is 73.9 Å². The summed E-state index contributed by atoms with van der Waals surface area (Å²) in [6.07, 6.45) is 4.69. The average molecular weight is 452 g/mol. The van der Waals surface area contributed by atoms with E-state index in [1.54, 1.807) is 18.3 Å². The van der Waals surface area contributed by atoms with Gasteiger partial charge in [0.2, 0.25) is 5.95 Å². The van der Waals surface area contributed by atoms with Crippen molar-refractivity contribution in [3.05, 3.63) is 102 Å². The fourth-order valence-corrected chi connectivity index (χ4v) is 4.05. The highest BCUT2D eigenvalue weighted by Crippen LogP contribution is 2.33. The molecule has 0 radical (unpaired) electrons. The van der Waals surface area contributed by atoms with Gasteiger partial charge in [-0.1, -0.05) is 36.8 Å². The van der Waals surface area contributed by atoms with E-state index in [1.165, 1.54) is 23.3 Å². The number of fused-ring (bicyclic) bond motifs is 1. The summed E-state index contributed by atoms with van der Waals surface area (Å²) in [5, 5.41) is 3.41. The molecule has 0 spiro atoms. The zero-order valence-electron chi connectivity index (χ0n) is 19.5. The lowest BCUT2D eigenvalue weighted by atomic mass is 10.1. The van der Waals surface area contributed by atoms with Gasteiger partial charge in [-0.15, -0.1) is 0 Å². The molecule has 1 N–H and O–H groups in total. The molecule has 0 amide bonds. The molecule has 3 aromatic heterocycles. The minimum absolute atomic E-state index is 0.0433. The molecule has 34 heavy (non-hydrogen) atoms. The predicted octanol–water partition coefficient (Wildman–Crippen LogP) is 6.64. The van der Waals surface area contributed by atoms with E-state index in [0.29, 0.717) is 5.95 Å². The Hall–Kier alpha value is -4.06. The first-order valence-corrected chi connectivity index (χ1v) is 11.5. The van der Waals surface area contributed by atoms with Crippen LogP contribution in [0, 0.1) is 12.7 Å². The Bertz CT molecular complexity index is 1440. The molecular formula is C28H26FN5. The molecule has 5 nitrogen and oxygen atoms in total. The van der Waals surface area contributed by atoms with Crippen molar-refractivity contribution in [2.75, 3.05) is 5.32 Å². The van der Waals surface area contributed by atoms with E-state index in [0.717, 1.165) is 40.3 Å². The zero-order chi connectivity index (χ0) is 23.7. The molecule has 2 aromatic carbocycles. The van der Waals surface area contributed by atoms with Crippen molar-refractivity contribution >= 4 is 11.6 Å². The maximum atomic E-state index is 13.6. The average Bonchev–Trinajstić information content (AvgIpc) is 3.23. The normalized spacial score (nSPS) is 12.1. The number of anilines is 1. The van der Waals surface area contributed by atoms with Crippen LogP contribution in [-0.2, 0) is 6.42 Å². The smallest absolute Gasteiger partial charge is 0.223 e. The van der Waals surface area contributed by atoms with E-state index in [4.69, 9.17) is 9.97 Å². The summed E-state index contributed by atoms with van der Waals surface area (Å²) in [5.74, 6) is 0.261. The minimum Gasteiger partial charge on any atom is -0.348 e. The second kappa shape index (κ2) is 9.06. The van der Waals surface area contributed by atoms with Crippen molar-refractivity contribution in [2.24, 2.45) is 0 Å². The number of halogens is 1. The van der Waals surface area contributed by atoms with E-state index in [-0.39, 0.29) is 11.9 Å². The second-order valence-electron chi connectivity index (χ2n) is 8.47. The van der Waals surface area contributed by atoms with Crippen molar-refractivity contribution in [2.45, 2.75) is 33.2 Å². The third-order valence-electron chi connectivity index (χ3n) is 6.04. The summed E-state index contributed by atoms with van der Waals surface area (Å²) < 4.78 is 15.6. The maximum Gasteiger partial charge on any atom is 0.223 e. The molecule has 0 bridgehead atoms. The molecule has 1 atom stereocenters. The van der Waals surface area contributed by atoms with Crippen LogP contribution in [0.25, 0.3) is 28.3 Å². The van der Waals surface area contributed by atoms with Gasteiger partial charge < -0.3 is 5.32 Å². The van der Waals surface area contributed by atoms with Crippen molar-refractivity contribution in [1.82, 2.24) is 19.4 Å². The molecule has 0 aliphatic rings. The lowest BCUT2D eigenvalue weighted by Crippen LogP contribution is -2.10. The van der Waals surface area contributed by atoms with E-state index in [2.05, 4.69) is 67.5 Å². The number of pyridine rings is 1. The van der Waals surface area contributed by atoms with Gasteiger partial charge in [0.15, 0.2) is 0 Å². The summed E-state index contributed by atoms with van der Waals surface area (Å²) in [6.45, 7) is 6.28. The van der Waals surface area contributed by atoms with Crippen molar-refractivity contribution in [3.63, 3.8) is 0 Å². The fraction of sp³-hybridized carbons (Fsp3) is 0.179. The van der Waals surface area contributed by atoms with Gasteiger partial charge in [0, 0.05) is 18.0 Å². The van der Waals surface area contributed by atoms with E-state index < -0.39 is 0 Å². The van der Waals surface area contributed by atoms with E-state index >= 15 is 0 Å². The van der Waals surface area contributed by atoms with Gasteiger partial charge in [-0.3, -0.25) is 4.40 Å². The number of hydrogen-bond donors (Lipinski definition) is 1. The van der Waals surface area contributed by atoms with E-state index in [9.17, 15) is 4.39 Å². The van der Waals surface area contributed by atoms with Crippen LogP contribution < -0.4 is 5.32 Å². The van der Waals surface area contributed by atoms with Crippen LogP contribution in [0.15, 0.2) is 79.1 Å². The predicted molar refractivity (Wildman–Crippen MR) is 134 cm³/mol. The number of nitrogens with zero attached hydrogens (tertiary/aromatic N) is 4. The molecule has 0 saturated carbocycles. The van der Waals surface area contributed by atoms with Crippen molar-refractivity contribution in [3.8, 4) is 22.6 Å². The SMILES string of the molecule is CCc1ccn2c(-c3ccnc(N[C@@H](C)c4ccc(C)cc4)n3)c(-c3ccc(F)cc3)nc2c1. The van der Waals surface area contributed by atoms with Gasteiger partial charge in [-0.25, -0.2) is 19.3 Å². The van der Waals surface area contributed by atoms with Crippen LogP contribution in [0.2, 0.25) is 0 Å². The second-order valence-corrected chi connectivity index (χ2v) is 8.47. The van der Waals surface area contributed by atoms with Gasteiger partial charge in [0.05, 0.1) is 23.1 Å². The highest BCUT2D eigenvalue weighted by atomic mass is 19.1.